The predicted octanol–water partition coefficient (Wildman–Crippen LogP) is 2.87. The third-order valence-electron chi connectivity index (χ3n) is 6.61. The van der Waals surface area contributed by atoms with Crippen molar-refractivity contribution in [2.45, 2.75) is 31.1 Å². The molecule has 1 amide bonds. The minimum Gasteiger partial charge on any atom is -0.373 e. The Balaban J connectivity index is 1.41. The van der Waals surface area contributed by atoms with Crippen LogP contribution in [-0.4, -0.2) is 53.8 Å². The monoisotopic (exact) mass is 379 g/mol. The summed E-state index contributed by atoms with van der Waals surface area (Å²) in [6, 6.07) is 8.02. The van der Waals surface area contributed by atoms with Crippen LogP contribution in [-0.2, 0) is 12.5 Å². The number of carbonyl (C=O) groups is 1. The van der Waals surface area contributed by atoms with E-state index in [2.05, 4.69) is 39.4 Å². The van der Waals surface area contributed by atoms with Crippen molar-refractivity contribution in [1.29, 1.82) is 0 Å². The Labute approximate surface area is 166 Å². The van der Waals surface area contributed by atoms with Gasteiger partial charge >= 0.3 is 0 Å². The molecule has 0 radical (unpaired) electrons. The number of amides is 1. The van der Waals surface area contributed by atoms with Gasteiger partial charge in [0.1, 0.15) is 0 Å². The van der Waals surface area contributed by atoms with Crippen molar-refractivity contribution in [3.05, 3.63) is 41.6 Å². The van der Waals surface area contributed by atoms with E-state index in [0.29, 0.717) is 5.82 Å². The first-order valence-corrected chi connectivity index (χ1v) is 10.4. The van der Waals surface area contributed by atoms with Gasteiger partial charge < -0.3 is 15.1 Å². The highest BCUT2D eigenvalue weighted by Gasteiger charge is 2.45. The average molecular weight is 380 g/mol. The summed E-state index contributed by atoms with van der Waals surface area (Å²) in [6.45, 7) is 4.64. The fourth-order valence-electron chi connectivity index (χ4n) is 5.13. The third-order valence-corrected chi connectivity index (χ3v) is 6.61. The lowest BCUT2D eigenvalue weighted by Crippen LogP contribution is -2.48. The maximum atomic E-state index is 12.8. The number of piperidine rings is 1. The van der Waals surface area contributed by atoms with Crippen LogP contribution >= 0.6 is 0 Å². The van der Waals surface area contributed by atoms with Gasteiger partial charge in [-0.3, -0.25) is 9.48 Å². The van der Waals surface area contributed by atoms with Crippen molar-refractivity contribution < 1.29 is 4.79 Å². The molecule has 1 aliphatic carbocycles. The van der Waals surface area contributed by atoms with Crippen molar-refractivity contribution in [2.24, 2.45) is 13.0 Å². The molecule has 1 N–H and O–H groups in total. The number of aromatic nitrogens is 2. The number of hydrogen-bond acceptors (Lipinski definition) is 4. The summed E-state index contributed by atoms with van der Waals surface area (Å²) in [5.74, 6) is 1.43. The molecule has 148 valence electrons. The van der Waals surface area contributed by atoms with Crippen LogP contribution in [0.15, 0.2) is 30.5 Å². The third kappa shape index (κ3) is 3.20. The van der Waals surface area contributed by atoms with Crippen LogP contribution in [0.2, 0.25) is 0 Å². The molecule has 28 heavy (non-hydrogen) atoms. The number of nitrogens with one attached hydrogen (secondary N) is 1. The Morgan fingerprint density at radius 3 is 2.86 bits per heavy atom. The largest absolute Gasteiger partial charge is 0.373 e. The molecule has 6 nitrogen and oxygen atoms in total. The lowest BCUT2D eigenvalue weighted by Gasteiger charge is -2.41. The second-order valence-electron chi connectivity index (χ2n) is 8.98. The van der Waals surface area contributed by atoms with E-state index in [4.69, 9.17) is 0 Å². The molecule has 1 atom stereocenters. The van der Waals surface area contributed by atoms with E-state index in [1.807, 2.05) is 25.4 Å². The smallest absolute Gasteiger partial charge is 0.256 e. The Bertz CT molecular complexity index is 902. The Hall–Kier alpha value is -2.34. The van der Waals surface area contributed by atoms with Gasteiger partial charge in [-0.15, -0.1) is 0 Å². The number of anilines is 2. The van der Waals surface area contributed by atoms with Gasteiger partial charge in [0.05, 0.1) is 0 Å². The molecule has 1 aromatic carbocycles. The molecule has 6 heteroatoms. The van der Waals surface area contributed by atoms with E-state index in [-0.39, 0.29) is 11.3 Å². The number of likely N-dealkylation sites (N-methyl/N-ethyl adjacent to an activating group) is 1. The first kappa shape index (κ1) is 17.7. The molecule has 3 heterocycles. The number of aryl methyl sites for hydroxylation is 1. The summed E-state index contributed by atoms with van der Waals surface area (Å²) in [6.07, 6.45) is 7.08. The standard InChI is InChI=1S/C22H29N5O/c1-25-14-22(9-3-10-27(15-22)13-16-4-5-16)18-12-17(6-7-19(18)25)21(28)23-20-8-11-26(2)24-20/h6-8,11-12,16H,3-5,9-10,13-15H2,1-2H3,(H,23,24,28). The topological polar surface area (TPSA) is 53.4 Å². The van der Waals surface area contributed by atoms with Crippen molar-refractivity contribution >= 4 is 17.4 Å². The first-order valence-electron chi connectivity index (χ1n) is 10.4. The molecule has 2 aliphatic heterocycles. The lowest BCUT2D eigenvalue weighted by molar-refractivity contribution is 0.102. The van der Waals surface area contributed by atoms with Crippen LogP contribution in [0.4, 0.5) is 11.5 Å². The highest BCUT2D eigenvalue weighted by molar-refractivity contribution is 6.04. The molecule has 1 spiro atoms. The van der Waals surface area contributed by atoms with E-state index >= 15 is 0 Å². The van der Waals surface area contributed by atoms with Crippen molar-refractivity contribution in [3.63, 3.8) is 0 Å². The minimum absolute atomic E-state index is 0.0863. The van der Waals surface area contributed by atoms with E-state index in [1.165, 1.54) is 50.0 Å². The van der Waals surface area contributed by atoms with Crippen LogP contribution in [0.3, 0.4) is 0 Å². The number of fused-ring (bicyclic) bond motifs is 2. The van der Waals surface area contributed by atoms with E-state index in [9.17, 15) is 4.79 Å². The van der Waals surface area contributed by atoms with Gasteiger partial charge in [-0.2, -0.15) is 5.10 Å². The van der Waals surface area contributed by atoms with Crippen molar-refractivity contribution in [1.82, 2.24) is 14.7 Å². The molecule has 1 unspecified atom stereocenters. The number of likely N-dealkylation sites (tertiary alicyclic amines) is 1. The van der Waals surface area contributed by atoms with Gasteiger partial charge in [0.2, 0.25) is 0 Å². The second kappa shape index (κ2) is 6.62. The molecular weight excluding hydrogens is 350 g/mol. The van der Waals surface area contributed by atoms with Crippen molar-refractivity contribution in [3.8, 4) is 0 Å². The average Bonchev–Trinajstić information content (AvgIpc) is 3.34. The molecule has 1 aromatic heterocycles. The van der Waals surface area contributed by atoms with E-state index in [0.717, 1.165) is 24.6 Å². The summed E-state index contributed by atoms with van der Waals surface area (Å²) >= 11 is 0. The molecule has 0 bridgehead atoms. The van der Waals surface area contributed by atoms with Crippen LogP contribution in [0.1, 0.15) is 41.6 Å². The van der Waals surface area contributed by atoms with Gasteiger partial charge in [-0.25, -0.2) is 0 Å². The van der Waals surface area contributed by atoms with Gasteiger partial charge in [-0.1, -0.05) is 0 Å². The molecular formula is C22H29N5O. The second-order valence-corrected chi connectivity index (χ2v) is 8.98. The number of rotatable bonds is 4. The maximum absolute atomic E-state index is 12.8. The quantitative estimate of drug-likeness (QED) is 0.888. The van der Waals surface area contributed by atoms with E-state index in [1.54, 1.807) is 4.68 Å². The number of carbonyl (C=O) groups excluding carboxylic acids is 1. The summed E-state index contributed by atoms with van der Waals surface area (Å²) in [4.78, 5) is 17.9. The highest BCUT2D eigenvalue weighted by atomic mass is 16.1. The van der Waals surface area contributed by atoms with E-state index < -0.39 is 0 Å². The zero-order valence-electron chi connectivity index (χ0n) is 16.8. The Morgan fingerprint density at radius 1 is 1.25 bits per heavy atom. The number of benzene rings is 1. The summed E-state index contributed by atoms with van der Waals surface area (Å²) in [7, 11) is 4.03. The lowest BCUT2D eigenvalue weighted by atomic mass is 9.75. The van der Waals surface area contributed by atoms with Gasteiger partial charge in [0.15, 0.2) is 5.82 Å². The number of hydrogen-bond donors (Lipinski definition) is 1. The first-order chi connectivity index (χ1) is 13.5. The van der Waals surface area contributed by atoms with Crippen LogP contribution in [0.25, 0.3) is 0 Å². The zero-order valence-corrected chi connectivity index (χ0v) is 16.8. The van der Waals surface area contributed by atoms with Gasteiger partial charge in [0, 0.05) is 62.7 Å². The molecule has 2 aromatic rings. The van der Waals surface area contributed by atoms with Crippen LogP contribution < -0.4 is 10.2 Å². The SMILES string of the molecule is CN1CC2(CCCN(CC3CC3)C2)c2cc(C(=O)Nc3ccn(C)n3)ccc21. The minimum atomic E-state index is -0.0863. The molecule has 1 saturated heterocycles. The van der Waals surface area contributed by atoms with Gasteiger partial charge in [0.25, 0.3) is 5.91 Å². The summed E-state index contributed by atoms with van der Waals surface area (Å²) in [5, 5.41) is 7.18. The number of nitrogens with zero attached hydrogens (tertiary/aromatic N) is 4. The summed E-state index contributed by atoms with van der Waals surface area (Å²) < 4.78 is 1.69. The maximum Gasteiger partial charge on any atom is 0.256 e. The van der Waals surface area contributed by atoms with Crippen LogP contribution in [0.5, 0.6) is 0 Å². The predicted molar refractivity (Wildman–Crippen MR) is 111 cm³/mol. The molecule has 3 aliphatic rings. The normalized spacial score (nSPS) is 24.6. The Kier molecular flexibility index (Phi) is 4.19. The fraction of sp³-hybridized carbons (Fsp3) is 0.545. The highest BCUT2D eigenvalue weighted by Crippen LogP contribution is 2.46. The van der Waals surface area contributed by atoms with Gasteiger partial charge in [-0.05, 0) is 61.9 Å². The molecule has 1 saturated carbocycles. The fourth-order valence-corrected chi connectivity index (χ4v) is 5.13. The summed E-state index contributed by atoms with van der Waals surface area (Å²) in [5.41, 5.74) is 3.50. The zero-order chi connectivity index (χ0) is 19.3. The van der Waals surface area contributed by atoms with Crippen LogP contribution in [0, 0.1) is 5.92 Å². The Morgan fingerprint density at radius 2 is 2.11 bits per heavy atom. The molecule has 2 fully saturated rings. The molecule has 5 rings (SSSR count). The van der Waals surface area contributed by atoms with Crippen molar-refractivity contribution in [2.75, 3.05) is 43.4 Å².